The molecule has 5 nitrogen and oxygen atoms in total. The molecule has 4 aromatic rings. The summed E-state index contributed by atoms with van der Waals surface area (Å²) >= 11 is 5.62. The lowest BCUT2D eigenvalue weighted by molar-refractivity contribution is -0.132. The summed E-state index contributed by atoms with van der Waals surface area (Å²) in [7, 11) is 0. The lowest BCUT2D eigenvalue weighted by Gasteiger charge is -2.07. The first kappa shape index (κ1) is 17.9. The summed E-state index contributed by atoms with van der Waals surface area (Å²) in [6, 6.07) is 11.4. The molecule has 0 radical (unpaired) electrons. The van der Waals surface area contributed by atoms with E-state index in [1.165, 1.54) is 18.3 Å². The molecule has 2 aromatic heterocycles. The number of esters is 1. The second kappa shape index (κ2) is 6.89. The molecular formula is C18H10I2N2O3S. The van der Waals surface area contributed by atoms with Crippen LogP contribution < -0.4 is 14.8 Å². The van der Waals surface area contributed by atoms with E-state index in [0.717, 1.165) is 23.7 Å². The van der Waals surface area contributed by atoms with Crippen LogP contribution in [0.4, 0.5) is 0 Å². The fourth-order valence-corrected chi connectivity index (χ4v) is 5.69. The second-order valence-electron chi connectivity index (χ2n) is 5.54. The molecule has 0 N–H and O–H groups in total. The van der Waals surface area contributed by atoms with Gasteiger partial charge in [-0.3, -0.25) is 9.59 Å². The Bertz CT molecular complexity index is 1270. The summed E-state index contributed by atoms with van der Waals surface area (Å²) in [4.78, 5) is 29.3. The minimum atomic E-state index is -0.356. The van der Waals surface area contributed by atoms with E-state index in [1.54, 1.807) is 4.40 Å². The number of para-hydroxylation sites is 2. The predicted octanol–water partition coefficient (Wildman–Crippen LogP) is 3.59. The normalized spacial score (nSPS) is 12.2. The first-order valence-electron chi connectivity index (χ1n) is 7.53. The van der Waals surface area contributed by atoms with Crippen molar-refractivity contribution in [2.45, 2.75) is 6.92 Å². The maximum atomic E-state index is 12.8. The van der Waals surface area contributed by atoms with Crippen LogP contribution in [0.25, 0.3) is 22.1 Å². The van der Waals surface area contributed by atoms with Crippen LogP contribution in [0.5, 0.6) is 5.75 Å². The number of halogens is 2. The predicted molar refractivity (Wildman–Crippen MR) is 119 cm³/mol. The van der Waals surface area contributed by atoms with E-state index in [1.807, 2.05) is 42.5 Å². The zero-order chi connectivity index (χ0) is 18.4. The van der Waals surface area contributed by atoms with Crippen molar-refractivity contribution in [2.24, 2.45) is 0 Å². The van der Waals surface area contributed by atoms with Gasteiger partial charge in [0, 0.05) is 6.92 Å². The minimum absolute atomic E-state index is 0.0761. The van der Waals surface area contributed by atoms with Gasteiger partial charge in [-0.25, -0.2) is 9.38 Å². The Morgan fingerprint density at radius 3 is 2.62 bits per heavy atom. The Balaban J connectivity index is 1.88. The van der Waals surface area contributed by atoms with Gasteiger partial charge in [0.05, 0.1) is 22.7 Å². The quantitative estimate of drug-likeness (QED) is 0.204. The molecule has 0 aliphatic carbocycles. The van der Waals surface area contributed by atoms with Gasteiger partial charge in [-0.05, 0) is 81.1 Å². The Hall–Kier alpha value is -1.53. The molecule has 0 aliphatic heterocycles. The third-order valence-corrected chi connectivity index (χ3v) is 6.28. The van der Waals surface area contributed by atoms with Crippen LogP contribution in [-0.4, -0.2) is 15.4 Å². The number of hydrogen-bond donors (Lipinski definition) is 0. The lowest BCUT2D eigenvalue weighted by Crippen LogP contribution is -2.22. The third-order valence-electron chi connectivity index (χ3n) is 3.71. The van der Waals surface area contributed by atoms with Gasteiger partial charge in [0.15, 0.2) is 10.7 Å². The van der Waals surface area contributed by atoms with Crippen molar-refractivity contribution in [3.8, 4) is 5.75 Å². The van der Waals surface area contributed by atoms with Crippen LogP contribution in [0.1, 0.15) is 12.5 Å². The van der Waals surface area contributed by atoms with E-state index >= 15 is 0 Å². The van der Waals surface area contributed by atoms with Crippen molar-refractivity contribution in [3.05, 3.63) is 64.0 Å². The van der Waals surface area contributed by atoms with Crippen LogP contribution in [0.2, 0.25) is 0 Å². The molecule has 0 spiro atoms. The standard InChI is InChI=1S/C18H10I2N2O3S/c1-9(23)25-16-11(19)6-10(7-12(16)20)8-15-17(24)22-14-5-3-2-4-13(14)21-18(22)26-15/h2-8H,1H3/b15-8+. The number of aromatic nitrogens is 2. The summed E-state index contributed by atoms with van der Waals surface area (Å²) in [5, 5.41) is 0. The highest BCUT2D eigenvalue weighted by atomic mass is 127. The molecule has 130 valence electrons. The Morgan fingerprint density at radius 1 is 1.23 bits per heavy atom. The molecular weight excluding hydrogens is 578 g/mol. The number of hydrogen-bond acceptors (Lipinski definition) is 5. The number of carbonyl (C=O) groups is 1. The van der Waals surface area contributed by atoms with E-state index in [-0.39, 0.29) is 11.5 Å². The van der Waals surface area contributed by atoms with Crippen molar-refractivity contribution in [3.63, 3.8) is 0 Å². The number of rotatable bonds is 2. The van der Waals surface area contributed by atoms with Crippen LogP contribution in [0, 0.1) is 7.14 Å². The van der Waals surface area contributed by atoms with Gasteiger partial charge in [0.2, 0.25) is 0 Å². The molecule has 0 atom stereocenters. The Labute approximate surface area is 179 Å². The molecule has 0 unspecified atom stereocenters. The number of benzene rings is 2. The van der Waals surface area contributed by atoms with Gasteiger partial charge in [0.25, 0.3) is 5.56 Å². The average Bonchev–Trinajstić information content (AvgIpc) is 3.08. The first-order valence-corrected chi connectivity index (χ1v) is 10.5. The molecule has 0 bridgehead atoms. The zero-order valence-corrected chi connectivity index (χ0v) is 18.5. The van der Waals surface area contributed by atoms with Gasteiger partial charge >= 0.3 is 5.97 Å². The van der Waals surface area contributed by atoms with Crippen molar-refractivity contribution in [1.29, 1.82) is 0 Å². The van der Waals surface area contributed by atoms with E-state index in [4.69, 9.17) is 4.74 Å². The molecule has 2 heterocycles. The SMILES string of the molecule is CC(=O)Oc1c(I)cc(/C=c2/sc3nc4ccccc4n3c2=O)cc1I. The Morgan fingerprint density at radius 2 is 1.92 bits per heavy atom. The highest BCUT2D eigenvalue weighted by Gasteiger charge is 2.13. The summed E-state index contributed by atoms with van der Waals surface area (Å²) in [5.74, 6) is 0.191. The van der Waals surface area contributed by atoms with Gasteiger partial charge in [0.1, 0.15) is 0 Å². The average molecular weight is 588 g/mol. The van der Waals surface area contributed by atoms with E-state index < -0.39 is 0 Å². The van der Waals surface area contributed by atoms with E-state index in [9.17, 15) is 9.59 Å². The van der Waals surface area contributed by atoms with Crippen LogP contribution >= 0.6 is 56.5 Å². The summed E-state index contributed by atoms with van der Waals surface area (Å²) in [6.07, 6.45) is 1.85. The zero-order valence-electron chi connectivity index (χ0n) is 13.3. The number of fused-ring (bicyclic) bond motifs is 3. The molecule has 0 aliphatic rings. The first-order chi connectivity index (χ1) is 12.4. The van der Waals surface area contributed by atoms with Crippen LogP contribution in [0.15, 0.2) is 41.2 Å². The molecule has 4 rings (SSSR count). The molecule has 0 saturated heterocycles. The maximum Gasteiger partial charge on any atom is 0.308 e. The smallest absolute Gasteiger partial charge is 0.308 e. The number of imidazole rings is 1. The molecule has 0 fully saturated rings. The number of ether oxygens (including phenoxy) is 1. The summed E-state index contributed by atoms with van der Waals surface area (Å²) in [6.45, 7) is 1.38. The fraction of sp³-hybridized carbons (Fsp3) is 0.0556. The monoisotopic (exact) mass is 588 g/mol. The van der Waals surface area contributed by atoms with Crippen molar-refractivity contribution in [2.75, 3.05) is 0 Å². The minimum Gasteiger partial charge on any atom is -0.424 e. The maximum absolute atomic E-state index is 12.8. The Kier molecular flexibility index (Phi) is 4.73. The van der Waals surface area contributed by atoms with Gasteiger partial charge in [-0.2, -0.15) is 0 Å². The number of carbonyl (C=O) groups excluding carboxylic acids is 1. The molecule has 2 aromatic carbocycles. The number of thiazole rings is 1. The van der Waals surface area contributed by atoms with Gasteiger partial charge in [-0.15, -0.1) is 0 Å². The van der Waals surface area contributed by atoms with Gasteiger partial charge < -0.3 is 4.74 Å². The highest BCUT2D eigenvalue weighted by Crippen LogP contribution is 2.29. The molecule has 8 heteroatoms. The number of nitrogens with zero attached hydrogens (tertiary/aromatic N) is 2. The van der Waals surface area contributed by atoms with Crippen LogP contribution in [0.3, 0.4) is 0 Å². The largest absolute Gasteiger partial charge is 0.424 e. The highest BCUT2D eigenvalue weighted by molar-refractivity contribution is 14.1. The van der Waals surface area contributed by atoms with Crippen molar-refractivity contribution >= 4 is 84.6 Å². The molecule has 0 saturated carbocycles. The fourth-order valence-electron chi connectivity index (χ4n) is 2.67. The van der Waals surface area contributed by atoms with Crippen LogP contribution in [-0.2, 0) is 4.79 Å². The topological polar surface area (TPSA) is 60.7 Å². The third kappa shape index (κ3) is 3.14. The van der Waals surface area contributed by atoms with E-state index in [2.05, 4.69) is 50.2 Å². The lowest BCUT2D eigenvalue weighted by atomic mass is 10.2. The second-order valence-corrected chi connectivity index (χ2v) is 8.88. The molecule has 26 heavy (non-hydrogen) atoms. The summed E-state index contributed by atoms with van der Waals surface area (Å²) < 4.78 is 9.14. The molecule has 0 amide bonds. The van der Waals surface area contributed by atoms with Crippen molar-refractivity contribution < 1.29 is 9.53 Å². The van der Waals surface area contributed by atoms with E-state index in [0.29, 0.717) is 15.2 Å². The van der Waals surface area contributed by atoms with Gasteiger partial charge in [-0.1, -0.05) is 23.5 Å². The van der Waals surface area contributed by atoms with Crippen molar-refractivity contribution in [1.82, 2.24) is 9.38 Å². The summed E-state index contributed by atoms with van der Waals surface area (Å²) in [5.41, 5.74) is 2.43.